The summed E-state index contributed by atoms with van der Waals surface area (Å²) in [4.78, 5) is 12.1. The SMILES string of the molecule is COc1cc(NC(=O)C2COCCN2)c(Br)cc1Br. The van der Waals surface area contributed by atoms with Gasteiger partial charge in [0, 0.05) is 17.1 Å². The lowest BCUT2D eigenvalue weighted by molar-refractivity contribution is -0.120. The van der Waals surface area contributed by atoms with Gasteiger partial charge in [-0.15, -0.1) is 0 Å². The van der Waals surface area contributed by atoms with E-state index in [0.29, 0.717) is 31.2 Å². The fourth-order valence-corrected chi connectivity index (χ4v) is 2.99. The van der Waals surface area contributed by atoms with Crippen LogP contribution in [0.15, 0.2) is 21.1 Å². The molecule has 0 bridgehead atoms. The molecule has 1 aliphatic rings. The van der Waals surface area contributed by atoms with Crippen molar-refractivity contribution in [1.29, 1.82) is 0 Å². The molecule has 0 radical (unpaired) electrons. The van der Waals surface area contributed by atoms with Crippen LogP contribution < -0.4 is 15.4 Å². The first-order valence-corrected chi connectivity index (χ1v) is 7.35. The van der Waals surface area contributed by atoms with Crippen LogP contribution in [0.3, 0.4) is 0 Å². The molecule has 1 aromatic carbocycles. The van der Waals surface area contributed by atoms with Crippen LogP contribution in [0.2, 0.25) is 0 Å². The molecule has 1 unspecified atom stereocenters. The summed E-state index contributed by atoms with van der Waals surface area (Å²) in [6.45, 7) is 1.71. The summed E-state index contributed by atoms with van der Waals surface area (Å²) in [6, 6.07) is 3.27. The number of nitrogens with one attached hydrogen (secondary N) is 2. The third-order valence-electron chi connectivity index (χ3n) is 2.74. The van der Waals surface area contributed by atoms with Gasteiger partial charge >= 0.3 is 0 Å². The molecule has 2 N–H and O–H groups in total. The fourth-order valence-electron chi connectivity index (χ4n) is 1.74. The zero-order valence-electron chi connectivity index (χ0n) is 10.3. The highest BCUT2D eigenvalue weighted by molar-refractivity contribution is 9.11. The summed E-state index contributed by atoms with van der Waals surface area (Å²) in [7, 11) is 1.58. The van der Waals surface area contributed by atoms with Gasteiger partial charge in [-0.25, -0.2) is 0 Å². The average Bonchev–Trinajstić information content (AvgIpc) is 2.42. The molecule has 1 atom stereocenters. The van der Waals surface area contributed by atoms with Crippen molar-refractivity contribution in [3.63, 3.8) is 0 Å². The van der Waals surface area contributed by atoms with Gasteiger partial charge in [0.2, 0.25) is 5.91 Å². The maximum Gasteiger partial charge on any atom is 0.243 e. The average molecular weight is 394 g/mol. The van der Waals surface area contributed by atoms with E-state index in [0.717, 1.165) is 8.95 Å². The molecule has 0 saturated carbocycles. The quantitative estimate of drug-likeness (QED) is 0.825. The standard InChI is InChI=1S/C12H14Br2N2O3/c1-18-11-5-9(7(13)4-8(11)14)16-12(17)10-6-19-3-2-15-10/h4-5,10,15H,2-3,6H2,1H3,(H,16,17). The normalized spacial score (nSPS) is 19.0. The van der Waals surface area contributed by atoms with Gasteiger partial charge in [-0.2, -0.15) is 0 Å². The van der Waals surface area contributed by atoms with Crippen LogP contribution in [0, 0.1) is 0 Å². The van der Waals surface area contributed by atoms with Crippen molar-refractivity contribution in [3.8, 4) is 5.75 Å². The molecule has 1 aliphatic heterocycles. The molecule has 1 heterocycles. The summed E-state index contributed by atoms with van der Waals surface area (Å²) < 4.78 is 12.1. The summed E-state index contributed by atoms with van der Waals surface area (Å²) in [5.41, 5.74) is 0.664. The summed E-state index contributed by atoms with van der Waals surface area (Å²) >= 11 is 6.80. The molecule has 1 aromatic rings. The Morgan fingerprint density at radius 3 is 2.89 bits per heavy atom. The molecule has 1 fully saturated rings. The van der Waals surface area contributed by atoms with Gasteiger partial charge < -0.3 is 20.1 Å². The monoisotopic (exact) mass is 392 g/mol. The number of hydrogen-bond acceptors (Lipinski definition) is 4. The van der Waals surface area contributed by atoms with Gasteiger partial charge in [0.1, 0.15) is 11.8 Å². The summed E-state index contributed by atoms with van der Waals surface area (Å²) in [5.74, 6) is 0.538. The second-order valence-corrected chi connectivity index (χ2v) is 5.75. The Hall–Kier alpha value is -0.630. The van der Waals surface area contributed by atoms with E-state index < -0.39 is 0 Å². The van der Waals surface area contributed by atoms with Crippen LogP contribution in [0.25, 0.3) is 0 Å². The van der Waals surface area contributed by atoms with E-state index >= 15 is 0 Å². The van der Waals surface area contributed by atoms with E-state index in [1.54, 1.807) is 13.2 Å². The van der Waals surface area contributed by atoms with Gasteiger partial charge in [0.05, 0.1) is 30.5 Å². The number of carbonyl (C=O) groups excluding carboxylic acids is 1. The lowest BCUT2D eigenvalue weighted by atomic mass is 10.2. The molecule has 19 heavy (non-hydrogen) atoms. The van der Waals surface area contributed by atoms with Crippen LogP contribution in [0.4, 0.5) is 5.69 Å². The number of anilines is 1. The third-order valence-corrected chi connectivity index (χ3v) is 4.01. The number of carbonyl (C=O) groups is 1. The molecule has 1 saturated heterocycles. The molecule has 1 amide bonds. The Labute approximate surface area is 128 Å². The minimum Gasteiger partial charge on any atom is -0.495 e. The molecule has 0 aromatic heterocycles. The minimum atomic E-state index is -0.324. The maximum atomic E-state index is 12.1. The highest BCUT2D eigenvalue weighted by Crippen LogP contribution is 2.34. The van der Waals surface area contributed by atoms with Crippen molar-refractivity contribution < 1.29 is 14.3 Å². The molecular weight excluding hydrogens is 380 g/mol. The Bertz CT molecular complexity index is 476. The smallest absolute Gasteiger partial charge is 0.243 e. The van der Waals surface area contributed by atoms with Crippen LogP contribution in [0.5, 0.6) is 5.75 Å². The van der Waals surface area contributed by atoms with Crippen LogP contribution in [0.1, 0.15) is 0 Å². The van der Waals surface area contributed by atoms with Gasteiger partial charge in [-0.05, 0) is 37.9 Å². The fraction of sp³-hybridized carbons (Fsp3) is 0.417. The number of halogens is 2. The zero-order chi connectivity index (χ0) is 13.8. The number of methoxy groups -OCH3 is 1. The van der Waals surface area contributed by atoms with Gasteiger partial charge in [-0.3, -0.25) is 4.79 Å². The summed E-state index contributed by atoms with van der Waals surface area (Å²) in [6.07, 6.45) is 0. The van der Waals surface area contributed by atoms with E-state index in [2.05, 4.69) is 42.5 Å². The number of amides is 1. The van der Waals surface area contributed by atoms with E-state index in [-0.39, 0.29) is 11.9 Å². The second kappa shape index (κ2) is 6.69. The van der Waals surface area contributed by atoms with Crippen molar-refractivity contribution in [1.82, 2.24) is 5.32 Å². The van der Waals surface area contributed by atoms with Crippen LogP contribution >= 0.6 is 31.9 Å². The van der Waals surface area contributed by atoms with Crippen molar-refractivity contribution in [3.05, 3.63) is 21.1 Å². The predicted molar refractivity (Wildman–Crippen MR) is 79.6 cm³/mol. The lowest BCUT2D eigenvalue weighted by Crippen LogP contribution is -2.48. The lowest BCUT2D eigenvalue weighted by Gasteiger charge is -2.23. The first kappa shape index (κ1) is 14.8. The van der Waals surface area contributed by atoms with Crippen molar-refractivity contribution in [2.45, 2.75) is 6.04 Å². The van der Waals surface area contributed by atoms with Crippen LogP contribution in [-0.2, 0) is 9.53 Å². The van der Waals surface area contributed by atoms with E-state index in [1.165, 1.54) is 0 Å². The number of ether oxygens (including phenoxy) is 2. The molecule has 7 heteroatoms. The number of rotatable bonds is 3. The van der Waals surface area contributed by atoms with Crippen molar-refractivity contribution in [2.75, 3.05) is 32.2 Å². The Morgan fingerprint density at radius 1 is 1.47 bits per heavy atom. The van der Waals surface area contributed by atoms with Crippen LogP contribution in [-0.4, -0.2) is 38.8 Å². The number of benzene rings is 1. The molecule has 0 spiro atoms. The topological polar surface area (TPSA) is 59.6 Å². The Kier molecular flexibility index (Phi) is 5.20. The molecular formula is C12H14Br2N2O3. The highest BCUT2D eigenvalue weighted by atomic mass is 79.9. The molecule has 2 rings (SSSR count). The van der Waals surface area contributed by atoms with E-state index in [4.69, 9.17) is 9.47 Å². The highest BCUT2D eigenvalue weighted by Gasteiger charge is 2.22. The van der Waals surface area contributed by atoms with Gasteiger partial charge in [-0.1, -0.05) is 0 Å². The molecule has 0 aliphatic carbocycles. The largest absolute Gasteiger partial charge is 0.495 e. The minimum absolute atomic E-state index is 0.121. The van der Waals surface area contributed by atoms with E-state index in [1.807, 2.05) is 6.07 Å². The Morgan fingerprint density at radius 2 is 2.26 bits per heavy atom. The number of morpholine rings is 1. The zero-order valence-corrected chi connectivity index (χ0v) is 13.5. The number of hydrogen-bond donors (Lipinski definition) is 2. The van der Waals surface area contributed by atoms with Crippen molar-refractivity contribution in [2.24, 2.45) is 0 Å². The maximum absolute atomic E-state index is 12.1. The summed E-state index contributed by atoms with van der Waals surface area (Å²) in [5, 5.41) is 5.96. The first-order chi connectivity index (χ1) is 9.11. The predicted octanol–water partition coefficient (Wildman–Crippen LogP) is 2.15. The van der Waals surface area contributed by atoms with Gasteiger partial charge in [0.15, 0.2) is 0 Å². The second-order valence-electron chi connectivity index (χ2n) is 4.04. The van der Waals surface area contributed by atoms with Gasteiger partial charge in [0.25, 0.3) is 0 Å². The third kappa shape index (κ3) is 3.68. The van der Waals surface area contributed by atoms with E-state index in [9.17, 15) is 4.79 Å². The Balaban J connectivity index is 2.11. The molecule has 5 nitrogen and oxygen atoms in total. The first-order valence-electron chi connectivity index (χ1n) is 5.77. The molecule has 104 valence electrons. The van der Waals surface area contributed by atoms with Crippen molar-refractivity contribution >= 4 is 43.5 Å².